The number of hydrogen-bond acceptors (Lipinski definition) is 6. The van der Waals surface area contributed by atoms with E-state index in [1.165, 1.54) is 28.6 Å². The number of benzene rings is 1. The summed E-state index contributed by atoms with van der Waals surface area (Å²) < 4.78 is 75.9. The van der Waals surface area contributed by atoms with E-state index >= 15 is 0 Å². The van der Waals surface area contributed by atoms with Gasteiger partial charge in [-0.2, -0.15) is 4.31 Å². The number of sulfone groups is 2. The Morgan fingerprint density at radius 3 is 2.12 bits per heavy atom. The van der Waals surface area contributed by atoms with Crippen LogP contribution in [0.4, 0.5) is 0 Å². The third-order valence-electron chi connectivity index (χ3n) is 4.97. The Bertz CT molecular complexity index is 975. The molecule has 26 heavy (non-hydrogen) atoms. The Hall–Kier alpha value is -0.970. The quantitative estimate of drug-likeness (QED) is 0.723. The van der Waals surface area contributed by atoms with Crippen molar-refractivity contribution in [3.8, 4) is 0 Å². The van der Waals surface area contributed by atoms with Crippen molar-refractivity contribution in [1.82, 2.24) is 4.31 Å². The maximum atomic E-state index is 12.9. The Morgan fingerprint density at radius 1 is 0.923 bits per heavy atom. The van der Waals surface area contributed by atoms with E-state index in [-0.39, 0.29) is 22.0 Å². The van der Waals surface area contributed by atoms with Gasteiger partial charge in [-0.1, -0.05) is 18.9 Å². The molecule has 0 aromatic heterocycles. The number of hydrogen-bond donors (Lipinski definition) is 0. The molecule has 0 spiro atoms. The zero-order valence-corrected chi connectivity index (χ0v) is 16.8. The van der Waals surface area contributed by atoms with E-state index in [4.69, 9.17) is 0 Å². The first-order chi connectivity index (χ1) is 12.1. The maximum absolute atomic E-state index is 12.9. The molecular formula is C16H23NO6S3. The normalized spacial score (nSPS) is 25.0. The lowest BCUT2D eigenvalue weighted by atomic mass is 10.2. The molecule has 0 radical (unpaired) electrons. The second kappa shape index (κ2) is 7.21. The molecule has 146 valence electrons. The average molecular weight is 422 g/mol. The van der Waals surface area contributed by atoms with Gasteiger partial charge in [0.2, 0.25) is 10.0 Å². The van der Waals surface area contributed by atoms with E-state index in [1.807, 2.05) is 0 Å². The summed E-state index contributed by atoms with van der Waals surface area (Å²) in [6.45, 7) is 0.861. The molecule has 0 N–H and O–H groups in total. The van der Waals surface area contributed by atoms with E-state index in [0.29, 0.717) is 13.1 Å². The number of sulfonamides is 1. The zero-order valence-electron chi connectivity index (χ0n) is 14.4. The molecule has 0 bridgehead atoms. The van der Waals surface area contributed by atoms with E-state index in [2.05, 4.69) is 0 Å². The summed E-state index contributed by atoms with van der Waals surface area (Å²) in [4.78, 5) is -0.183. The van der Waals surface area contributed by atoms with Gasteiger partial charge in [-0.3, -0.25) is 0 Å². The van der Waals surface area contributed by atoms with Gasteiger partial charge in [0.05, 0.1) is 26.5 Å². The van der Waals surface area contributed by atoms with Gasteiger partial charge >= 0.3 is 0 Å². The molecule has 1 atom stereocenters. The summed E-state index contributed by atoms with van der Waals surface area (Å²) in [5.74, 6) is -0.554. The van der Waals surface area contributed by atoms with Crippen LogP contribution in [0.15, 0.2) is 34.1 Å². The molecule has 1 aromatic rings. The van der Waals surface area contributed by atoms with Crippen LogP contribution < -0.4 is 0 Å². The van der Waals surface area contributed by atoms with Crippen molar-refractivity contribution in [3.05, 3.63) is 24.3 Å². The van der Waals surface area contributed by atoms with Crippen molar-refractivity contribution >= 4 is 29.7 Å². The van der Waals surface area contributed by atoms with E-state index in [1.54, 1.807) is 0 Å². The molecule has 0 unspecified atom stereocenters. The van der Waals surface area contributed by atoms with Crippen molar-refractivity contribution in [2.24, 2.45) is 0 Å². The second-order valence-electron chi connectivity index (χ2n) is 6.86. The molecular weight excluding hydrogens is 398 g/mol. The third kappa shape index (κ3) is 3.97. The lowest BCUT2D eigenvalue weighted by Crippen LogP contribution is -2.32. The first-order valence-corrected chi connectivity index (χ1v) is 13.5. The second-order valence-corrected chi connectivity index (χ2v) is 13.3. The maximum Gasteiger partial charge on any atom is 0.243 e. The van der Waals surface area contributed by atoms with Crippen LogP contribution >= 0.6 is 0 Å². The summed E-state index contributed by atoms with van der Waals surface area (Å²) in [6.07, 6.45) is 3.59. The fourth-order valence-corrected chi connectivity index (χ4v) is 9.48. The fourth-order valence-electron chi connectivity index (χ4n) is 3.44. The summed E-state index contributed by atoms with van der Waals surface area (Å²) in [5.41, 5.74) is 0. The van der Waals surface area contributed by atoms with Crippen LogP contribution in [0.25, 0.3) is 0 Å². The van der Waals surface area contributed by atoms with Crippen molar-refractivity contribution < 1.29 is 25.3 Å². The minimum atomic E-state index is -3.89. The van der Waals surface area contributed by atoms with Gasteiger partial charge in [0.15, 0.2) is 19.7 Å². The van der Waals surface area contributed by atoms with Crippen LogP contribution in [0.2, 0.25) is 0 Å². The highest BCUT2D eigenvalue weighted by atomic mass is 32.2. The molecule has 1 aromatic carbocycles. The summed E-state index contributed by atoms with van der Waals surface area (Å²) >= 11 is 0. The average Bonchev–Trinajstić information content (AvgIpc) is 2.80. The number of nitrogens with zero attached hydrogens (tertiary/aromatic N) is 1. The van der Waals surface area contributed by atoms with Gasteiger partial charge in [0.25, 0.3) is 0 Å². The molecule has 7 nitrogen and oxygen atoms in total. The molecule has 0 saturated carbocycles. The largest absolute Gasteiger partial charge is 0.243 e. The highest BCUT2D eigenvalue weighted by molar-refractivity contribution is 7.96. The van der Waals surface area contributed by atoms with Gasteiger partial charge in [-0.05, 0) is 37.5 Å². The summed E-state index contributed by atoms with van der Waals surface area (Å²) in [6, 6.07) is 5.30. The van der Waals surface area contributed by atoms with Crippen LogP contribution in [0.5, 0.6) is 0 Å². The van der Waals surface area contributed by atoms with Crippen LogP contribution in [-0.2, 0) is 29.7 Å². The van der Waals surface area contributed by atoms with Gasteiger partial charge in [0.1, 0.15) is 0 Å². The molecule has 2 fully saturated rings. The highest BCUT2D eigenvalue weighted by Gasteiger charge is 2.38. The smallest absolute Gasteiger partial charge is 0.229 e. The molecule has 2 saturated heterocycles. The van der Waals surface area contributed by atoms with E-state index in [9.17, 15) is 25.3 Å². The van der Waals surface area contributed by atoms with Gasteiger partial charge in [0, 0.05) is 13.1 Å². The molecule has 3 rings (SSSR count). The summed E-state index contributed by atoms with van der Waals surface area (Å²) in [7, 11) is -11.0. The Morgan fingerprint density at radius 2 is 1.54 bits per heavy atom. The predicted octanol–water partition coefficient (Wildman–Crippen LogP) is 1.21. The molecule has 2 aliphatic rings. The highest BCUT2D eigenvalue weighted by Crippen LogP contribution is 2.28. The van der Waals surface area contributed by atoms with Crippen molar-refractivity contribution in [2.45, 2.75) is 47.1 Å². The Labute approximate surface area is 155 Å². The molecule has 2 heterocycles. The SMILES string of the molecule is O=S1(=O)CC[C@H](S(=O)(=O)c2cccc(S(=O)(=O)N3CCCCCC3)c2)C1. The molecule has 2 aliphatic heterocycles. The minimum Gasteiger partial charge on any atom is -0.229 e. The Balaban J connectivity index is 1.93. The van der Waals surface area contributed by atoms with Crippen LogP contribution in [-0.4, -0.2) is 59.4 Å². The van der Waals surface area contributed by atoms with Crippen LogP contribution in [0, 0.1) is 0 Å². The van der Waals surface area contributed by atoms with Gasteiger partial charge < -0.3 is 0 Å². The predicted molar refractivity (Wildman–Crippen MR) is 97.9 cm³/mol. The molecule has 0 aliphatic carbocycles. The molecule has 10 heteroatoms. The first-order valence-electron chi connectivity index (χ1n) is 8.67. The minimum absolute atomic E-state index is 0.0494. The zero-order chi connectivity index (χ0) is 19.0. The molecule has 0 amide bonds. The Kier molecular flexibility index (Phi) is 5.49. The van der Waals surface area contributed by atoms with Crippen LogP contribution in [0.1, 0.15) is 32.1 Å². The van der Waals surface area contributed by atoms with Crippen LogP contribution in [0.3, 0.4) is 0 Å². The van der Waals surface area contributed by atoms with Crippen molar-refractivity contribution in [3.63, 3.8) is 0 Å². The standard InChI is InChI=1S/C16H23NO6S3/c18-24(19)11-8-16(13-24)25(20,21)14-6-5-7-15(12-14)26(22,23)17-9-3-1-2-4-10-17/h5-7,12,16H,1-4,8-11,13H2/t16-/m0/s1. The fraction of sp³-hybridized carbons (Fsp3) is 0.625. The van der Waals surface area contributed by atoms with Crippen molar-refractivity contribution in [1.29, 1.82) is 0 Å². The van der Waals surface area contributed by atoms with E-state index < -0.39 is 40.7 Å². The van der Waals surface area contributed by atoms with Gasteiger partial charge in [-0.15, -0.1) is 0 Å². The first kappa shape index (κ1) is 19.8. The van der Waals surface area contributed by atoms with Gasteiger partial charge in [-0.25, -0.2) is 25.3 Å². The monoisotopic (exact) mass is 421 g/mol. The topological polar surface area (TPSA) is 106 Å². The lowest BCUT2D eigenvalue weighted by Gasteiger charge is -2.20. The number of rotatable bonds is 4. The third-order valence-corrected chi connectivity index (χ3v) is 11.0. The van der Waals surface area contributed by atoms with E-state index in [0.717, 1.165) is 25.7 Å². The van der Waals surface area contributed by atoms with Crippen molar-refractivity contribution in [2.75, 3.05) is 24.6 Å². The summed E-state index contributed by atoms with van der Waals surface area (Å²) in [5, 5.41) is -1.01. The lowest BCUT2D eigenvalue weighted by molar-refractivity contribution is 0.423.